The minimum Gasteiger partial charge on any atom is -0.355 e. The summed E-state index contributed by atoms with van der Waals surface area (Å²) in [6, 6.07) is 6.70. The van der Waals surface area contributed by atoms with Crippen molar-refractivity contribution in [3.63, 3.8) is 0 Å². The van der Waals surface area contributed by atoms with E-state index < -0.39 is 0 Å². The molecule has 2 aromatic rings. The third kappa shape index (κ3) is 3.56. The van der Waals surface area contributed by atoms with Gasteiger partial charge in [-0.3, -0.25) is 0 Å². The summed E-state index contributed by atoms with van der Waals surface area (Å²) in [6.45, 7) is 8.83. The Labute approximate surface area is 128 Å². The molecule has 0 aliphatic rings. The highest BCUT2D eigenvalue weighted by molar-refractivity contribution is 5.56. The summed E-state index contributed by atoms with van der Waals surface area (Å²) >= 11 is 0. The Morgan fingerprint density at radius 1 is 1.24 bits per heavy atom. The molecule has 2 atom stereocenters. The highest BCUT2D eigenvalue weighted by Crippen LogP contribution is 2.25. The Kier molecular flexibility index (Phi) is 4.88. The first-order valence-electron chi connectivity index (χ1n) is 7.84. The van der Waals surface area contributed by atoms with Crippen LogP contribution in [-0.2, 0) is 6.42 Å². The van der Waals surface area contributed by atoms with Gasteiger partial charge in [-0.2, -0.15) is 0 Å². The summed E-state index contributed by atoms with van der Waals surface area (Å²) in [5.41, 5.74) is 8.24. The number of aromatic nitrogens is 2. The lowest BCUT2D eigenvalue weighted by molar-refractivity contribution is 0.501. The first-order valence-corrected chi connectivity index (χ1v) is 7.84. The van der Waals surface area contributed by atoms with E-state index in [1.54, 1.807) is 0 Å². The van der Waals surface area contributed by atoms with Crippen molar-refractivity contribution < 1.29 is 0 Å². The second-order valence-corrected chi connectivity index (χ2v) is 6.58. The summed E-state index contributed by atoms with van der Waals surface area (Å²) < 4.78 is 2.16. The van der Waals surface area contributed by atoms with Crippen molar-refractivity contribution in [2.75, 3.05) is 11.9 Å². The highest BCUT2D eigenvalue weighted by atomic mass is 15.2. The lowest BCUT2D eigenvalue weighted by Crippen LogP contribution is -2.32. The Balaban J connectivity index is 2.41. The van der Waals surface area contributed by atoms with E-state index in [1.807, 2.05) is 19.1 Å². The summed E-state index contributed by atoms with van der Waals surface area (Å²) in [6.07, 6.45) is 4.06. The van der Waals surface area contributed by atoms with E-state index in [9.17, 15) is 0 Å². The highest BCUT2D eigenvalue weighted by Gasteiger charge is 2.20. The van der Waals surface area contributed by atoms with E-state index in [-0.39, 0.29) is 6.04 Å². The van der Waals surface area contributed by atoms with Gasteiger partial charge in [-0.25, -0.2) is 4.98 Å². The molecule has 0 bridgehead atoms. The van der Waals surface area contributed by atoms with Crippen molar-refractivity contribution >= 4 is 11.5 Å². The van der Waals surface area contributed by atoms with Gasteiger partial charge in [-0.1, -0.05) is 19.9 Å². The van der Waals surface area contributed by atoms with Gasteiger partial charge >= 0.3 is 0 Å². The number of rotatable bonds is 6. The average Bonchev–Trinajstić information content (AvgIpc) is 2.75. The van der Waals surface area contributed by atoms with Gasteiger partial charge in [0.2, 0.25) is 0 Å². The first kappa shape index (κ1) is 15.8. The quantitative estimate of drug-likeness (QED) is 0.888. The van der Waals surface area contributed by atoms with Crippen LogP contribution in [0.5, 0.6) is 0 Å². The van der Waals surface area contributed by atoms with Crippen LogP contribution in [-0.4, -0.2) is 28.5 Å². The SMILES string of the molecule is CC(C)CC(C)N(C)c1nc2ccccn2c1CC(C)N. The Hall–Kier alpha value is -1.55. The fraction of sp³-hybridized carbons (Fsp3) is 0.588. The van der Waals surface area contributed by atoms with E-state index >= 15 is 0 Å². The van der Waals surface area contributed by atoms with Gasteiger partial charge in [0, 0.05) is 31.7 Å². The standard InChI is InChI=1S/C17H28N4/c1-12(2)10-14(4)20(5)17-15(11-13(3)18)21-9-7-6-8-16(21)19-17/h6-9,12-14H,10-11,18H2,1-5H3. The molecule has 116 valence electrons. The molecule has 0 amide bonds. The molecule has 0 aliphatic heterocycles. The molecule has 0 aromatic carbocycles. The molecule has 4 nitrogen and oxygen atoms in total. The van der Waals surface area contributed by atoms with Crippen molar-refractivity contribution in [1.82, 2.24) is 9.38 Å². The van der Waals surface area contributed by atoms with Crippen LogP contribution >= 0.6 is 0 Å². The largest absolute Gasteiger partial charge is 0.355 e. The second kappa shape index (κ2) is 6.48. The fourth-order valence-corrected chi connectivity index (χ4v) is 2.86. The van der Waals surface area contributed by atoms with E-state index in [1.165, 1.54) is 5.69 Å². The molecule has 0 radical (unpaired) electrons. The topological polar surface area (TPSA) is 46.6 Å². The van der Waals surface area contributed by atoms with E-state index in [0.717, 1.165) is 24.3 Å². The Morgan fingerprint density at radius 3 is 2.57 bits per heavy atom. The molecule has 2 unspecified atom stereocenters. The van der Waals surface area contributed by atoms with Gasteiger partial charge in [-0.15, -0.1) is 0 Å². The predicted molar refractivity (Wildman–Crippen MR) is 89.9 cm³/mol. The molecule has 0 fully saturated rings. The van der Waals surface area contributed by atoms with Gasteiger partial charge in [-0.05, 0) is 38.3 Å². The lowest BCUT2D eigenvalue weighted by atomic mass is 10.0. The Bertz CT molecular complexity index is 585. The van der Waals surface area contributed by atoms with Crippen molar-refractivity contribution in [1.29, 1.82) is 0 Å². The van der Waals surface area contributed by atoms with Gasteiger partial charge in [0.05, 0.1) is 5.69 Å². The minimum atomic E-state index is 0.123. The normalized spacial score (nSPS) is 14.6. The van der Waals surface area contributed by atoms with Crippen molar-refractivity contribution in [2.45, 2.75) is 52.6 Å². The molecule has 0 saturated heterocycles. The summed E-state index contributed by atoms with van der Waals surface area (Å²) in [5.74, 6) is 1.74. The summed E-state index contributed by atoms with van der Waals surface area (Å²) in [5, 5.41) is 0. The van der Waals surface area contributed by atoms with E-state index in [4.69, 9.17) is 10.7 Å². The second-order valence-electron chi connectivity index (χ2n) is 6.58. The minimum absolute atomic E-state index is 0.123. The zero-order valence-electron chi connectivity index (χ0n) is 13.9. The smallest absolute Gasteiger partial charge is 0.151 e. The maximum absolute atomic E-state index is 6.04. The predicted octanol–water partition coefficient (Wildman–Crippen LogP) is 3.09. The number of imidazole rings is 1. The zero-order chi connectivity index (χ0) is 15.6. The van der Waals surface area contributed by atoms with Crippen LogP contribution in [0.1, 0.15) is 39.8 Å². The number of fused-ring (bicyclic) bond motifs is 1. The molecular weight excluding hydrogens is 260 g/mol. The molecule has 2 aromatic heterocycles. The van der Waals surface area contributed by atoms with Crippen LogP contribution in [0, 0.1) is 5.92 Å². The molecule has 2 heterocycles. The number of nitrogens with zero attached hydrogens (tertiary/aromatic N) is 3. The molecule has 21 heavy (non-hydrogen) atoms. The van der Waals surface area contributed by atoms with Gasteiger partial charge in [0.15, 0.2) is 5.82 Å². The lowest BCUT2D eigenvalue weighted by Gasteiger charge is -2.27. The number of pyridine rings is 1. The number of nitrogens with two attached hydrogens (primary N) is 1. The first-order chi connectivity index (χ1) is 9.90. The average molecular weight is 288 g/mol. The zero-order valence-corrected chi connectivity index (χ0v) is 13.9. The maximum atomic E-state index is 6.04. The Morgan fingerprint density at radius 2 is 1.95 bits per heavy atom. The van der Waals surface area contributed by atoms with Gasteiger partial charge < -0.3 is 15.0 Å². The summed E-state index contributed by atoms with van der Waals surface area (Å²) in [4.78, 5) is 7.12. The molecular formula is C17H28N4. The van der Waals surface area contributed by atoms with Crippen LogP contribution < -0.4 is 10.6 Å². The molecule has 0 saturated carbocycles. The third-order valence-corrected chi connectivity index (χ3v) is 3.93. The molecule has 2 rings (SSSR count). The van der Waals surface area contributed by atoms with Gasteiger partial charge in [0.1, 0.15) is 5.65 Å². The van der Waals surface area contributed by atoms with Crippen molar-refractivity contribution in [3.05, 3.63) is 30.1 Å². The molecule has 0 spiro atoms. The van der Waals surface area contributed by atoms with Crippen LogP contribution in [0.15, 0.2) is 24.4 Å². The summed E-state index contributed by atoms with van der Waals surface area (Å²) in [7, 11) is 2.14. The number of hydrogen-bond acceptors (Lipinski definition) is 3. The third-order valence-electron chi connectivity index (χ3n) is 3.93. The number of hydrogen-bond donors (Lipinski definition) is 1. The molecule has 2 N–H and O–H groups in total. The van der Waals surface area contributed by atoms with Crippen molar-refractivity contribution in [2.24, 2.45) is 11.7 Å². The van der Waals surface area contributed by atoms with Crippen LogP contribution in [0.25, 0.3) is 5.65 Å². The van der Waals surface area contributed by atoms with Gasteiger partial charge in [0.25, 0.3) is 0 Å². The monoisotopic (exact) mass is 288 g/mol. The van der Waals surface area contributed by atoms with E-state index in [0.29, 0.717) is 12.0 Å². The fourth-order valence-electron chi connectivity index (χ4n) is 2.86. The van der Waals surface area contributed by atoms with Crippen molar-refractivity contribution in [3.8, 4) is 0 Å². The van der Waals surface area contributed by atoms with Crippen LogP contribution in [0.2, 0.25) is 0 Å². The van der Waals surface area contributed by atoms with Crippen LogP contribution in [0.4, 0.5) is 5.82 Å². The molecule has 4 heteroatoms. The molecule has 0 aliphatic carbocycles. The maximum Gasteiger partial charge on any atom is 0.151 e. The van der Waals surface area contributed by atoms with Crippen LogP contribution in [0.3, 0.4) is 0 Å². The van der Waals surface area contributed by atoms with E-state index in [2.05, 4.69) is 49.4 Å². The number of anilines is 1.